The van der Waals surface area contributed by atoms with Gasteiger partial charge in [0.05, 0.1) is 11.7 Å². The second kappa shape index (κ2) is 5.25. The summed E-state index contributed by atoms with van der Waals surface area (Å²) >= 11 is 1.69. The minimum absolute atomic E-state index is 0.0688. The Bertz CT molecular complexity index is 335. The molecular weight excluding hydrogens is 218 g/mol. The van der Waals surface area contributed by atoms with E-state index in [1.54, 1.807) is 11.3 Å². The summed E-state index contributed by atoms with van der Waals surface area (Å²) < 4.78 is 0. The molecule has 90 valence electrons. The third kappa shape index (κ3) is 2.62. The van der Waals surface area contributed by atoms with Crippen LogP contribution in [0.3, 0.4) is 0 Å². The van der Waals surface area contributed by atoms with Crippen LogP contribution in [0.4, 0.5) is 0 Å². The van der Waals surface area contributed by atoms with E-state index < -0.39 is 0 Å². The Morgan fingerprint density at radius 1 is 1.69 bits per heavy atom. The van der Waals surface area contributed by atoms with Gasteiger partial charge in [0.1, 0.15) is 5.01 Å². The number of hydrogen-bond donors (Lipinski definition) is 1. The van der Waals surface area contributed by atoms with Gasteiger partial charge in [-0.1, -0.05) is 6.92 Å². The van der Waals surface area contributed by atoms with E-state index in [1.807, 2.05) is 6.92 Å². The molecule has 1 aromatic heterocycles. The van der Waals surface area contributed by atoms with Gasteiger partial charge in [-0.25, -0.2) is 4.98 Å². The van der Waals surface area contributed by atoms with Gasteiger partial charge in [0.15, 0.2) is 0 Å². The van der Waals surface area contributed by atoms with E-state index in [2.05, 4.69) is 22.2 Å². The van der Waals surface area contributed by atoms with Crippen LogP contribution in [0, 0.1) is 0 Å². The lowest BCUT2D eigenvalue weighted by Crippen LogP contribution is -2.28. The number of hydrogen-bond acceptors (Lipinski definition) is 4. The van der Waals surface area contributed by atoms with E-state index in [1.165, 1.54) is 31.5 Å². The van der Waals surface area contributed by atoms with Crippen LogP contribution in [0.25, 0.3) is 0 Å². The summed E-state index contributed by atoms with van der Waals surface area (Å²) in [5.41, 5.74) is 7.02. The third-order valence-corrected chi connectivity index (χ3v) is 4.39. The maximum atomic E-state index is 5.82. The van der Waals surface area contributed by atoms with E-state index in [9.17, 15) is 0 Å². The Hall–Kier alpha value is -0.450. The second-order valence-electron chi connectivity index (χ2n) is 4.64. The average molecular weight is 239 g/mol. The quantitative estimate of drug-likeness (QED) is 0.878. The molecule has 1 aliphatic heterocycles. The van der Waals surface area contributed by atoms with Crippen molar-refractivity contribution in [3.8, 4) is 0 Å². The highest BCUT2D eigenvalue weighted by Crippen LogP contribution is 2.23. The number of likely N-dealkylation sites (tertiary alicyclic amines) is 1. The van der Waals surface area contributed by atoms with E-state index in [0.717, 1.165) is 17.6 Å². The number of aromatic nitrogens is 1. The third-order valence-electron chi connectivity index (χ3n) is 3.29. The van der Waals surface area contributed by atoms with Crippen LogP contribution in [-0.2, 0) is 6.54 Å². The number of rotatable bonds is 4. The molecule has 2 unspecified atom stereocenters. The SMILES string of the molecule is CCC1CCCN1Cc1csc(C(C)N)n1. The summed E-state index contributed by atoms with van der Waals surface area (Å²) in [6, 6.07) is 0.833. The highest BCUT2D eigenvalue weighted by molar-refractivity contribution is 7.09. The molecule has 0 saturated carbocycles. The van der Waals surface area contributed by atoms with Gasteiger partial charge in [0.2, 0.25) is 0 Å². The second-order valence-corrected chi connectivity index (χ2v) is 5.53. The summed E-state index contributed by atoms with van der Waals surface area (Å²) in [4.78, 5) is 7.15. The topological polar surface area (TPSA) is 42.1 Å². The van der Waals surface area contributed by atoms with Gasteiger partial charge in [-0.3, -0.25) is 4.90 Å². The maximum absolute atomic E-state index is 5.82. The molecule has 3 nitrogen and oxygen atoms in total. The summed E-state index contributed by atoms with van der Waals surface area (Å²) in [6.45, 7) is 6.50. The molecule has 0 bridgehead atoms. The normalized spacial score (nSPS) is 23.8. The van der Waals surface area contributed by atoms with Gasteiger partial charge < -0.3 is 5.73 Å². The molecule has 0 radical (unpaired) electrons. The zero-order chi connectivity index (χ0) is 11.5. The predicted octanol–water partition coefficient (Wildman–Crippen LogP) is 2.54. The van der Waals surface area contributed by atoms with Crippen molar-refractivity contribution in [1.82, 2.24) is 9.88 Å². The minimum atomic E-state index is 0.0688. The molecule has 1 aliphatic rings. The number of thiazole rings is 1. The lowest BCUT2D eigenvalue weighted by Gasteiger charge is -2.21. The van der Waals surface area contributed by atoms with Gasteiger partial charge in [0, 0.05) is 18.0 Å². The minimum Gasteiger partial charge on any atom is -0.322 e. The van der Waals surface area contributed by atoms with Crippen LogP contribution in [0.5, 0.6) is 0 Å². The Morgan fingerprint density at radius 3 is 3.12 bits per heavy atom. The Balaban J connectivity index is 1.97. The van der Waals surface area contributed by atoms with Gasteiger partial charge in [0.25, 0.3) is 0 Å². The molecule has 4 heteroatoms. The maximum Gasteiger partial charge on any atom is 0.109 e. The van der Waals surface area contributed by atoms with Crippen LogP contribution in [0.1, 0.15) is 49.9 Å². The summed E-state index contributed by atoms with van der Waals surface area (Å²) in [5.74, 6) is 0. The standard InChI is InChI=1S/C12H21N3S/c1-3-11-5-4-6-15(11)7-10-8-16-12(14-10)9(2)13/h8-9,11H,3-7,13H2,1-2H3. The van der Waals surface area contributed by atoms with Crippen LogP contribution in [0.2, 0.25) is 0 Å². The van der Waals surface area contributed by atoms with Crippen LogP contribution in [-0.4, -0.2) is 22.5 Å². The Kier molecular flexibility index (Phi) is 3.95. The van der Waals surface area contributed by atoms with Crippen LogP contribution in [0.15, 0.2) is 5.38 Å². The molecule has 2 atom stereocenters. The molecule has 1 fully saturated rings. The zero-order valence-electron chi connectivity index (χ0n) is 10.1. The number of nitrogens with two attached hydrogens (primary N) is 1. The Labute approximate surface area is 102 Å². The van der Waals surface area contributed by atoms with Gasteiger partial charge in [-0.2, -0.15) is 0 Å². The van der Waals surface area contributed by atoms with E-state index in [-0.39, 0.29) is 6.04 Å². The first-order chi connectivity index (χ1) is 7.70. The molecule has 16 heavy (non-hydrogen) atoms. The van der Waals surface area contributed by atoms with Crippen molar-refractivity contribution in [2.45, 2.75) is 51.7 Å². The van der Waals surface area contributed by atoms with Crippen molar-refractivity contribution in [2.75, 3.05) is 6.54 Å². The van der Waals surface area contributed by atoms with Gasteiger partial charge in [-0.05, 0) is 32.7 Å². The molecular formula is C12H21N3S. The average Bonchev–Trinajstić information content (AvgIpc) is 2.87. The molecule has 2 heterocycles. The van der Waals surface area contributed by atoms with Crippen molar-refractivity contribution in [1.29, 1.82) is 0 Å². The van der Waals surface area contributed by atoms with E-state index in [0.29, 0.717) is 0 Å². The lowest BCUT2D eigenvalue weighted by molar-refractivity contribution is 0.237. The first-order valence-electron chi connectivity index (χ1n) is 6.14. The van der Waals surface area contributed by atoms with Crippen molar-refractivity contribution in [2.24, 2.45) is 5.73 Å². The van der Waals surface area contributed by atoms with Crippen LogP contribution < -0.4 is 5.73 Å². The van der Waals surface area contributed by atoms with E-state index in [4.69, 9.17) is 5.73 Å². The smallest absolute Gasteiger partial charge is 0.109 e. The van der Waals surface area contributed by atoms with Gasteiger partial charge in [-0.15, -0.1) is 11.3 Å². The van der Waals surface area contributed by atoms with Crippen molar-refractivity contribution in [3.63, 3.8) is 0 Å². The summed E-state index contributed by atoms with van der Waals surface area (Å²) in [5, 5.41) is 3.21. The Morgan fingerprint density at radius 2 is 2.50 bits per heavy atom. The molecule has 0 amide bonds. The first kappa shape index (κ1) is 12.0. The number of nitrogens with zero attached hydrogens (tertiary/aromatic N) is 2. The molecule has 1 aromatic rings. The molecule has 1 saturated heterocycles. The molecule has 2 N–H and O–H groups in total. The monoisotopic (exact) mass is 239 g/mol. The largest absolute Gasteiger partial charge is 0.322 e. The lowest BCUT2D eigenvalue weighted by atomic mass is 10.2. The summed E-state index contributed by atoms with van der Waals surface area (Å²) in [6.07, 6.45) is 3.94. The molecule has 0 aromatic carbocycles. The predicted molar refractivity (Wildman–Crippen MR) is 68.4 cm³/mol. The van der Waals surface area contributed by atoms with Gasteiger partial charge >= 0.3 is 0 Å². The fourth-order valence-corrected chi connectivity index (χ4v) is 3.15. The fourth-order valence-electron chi connectivity index (χ4n) is 2.38. The molecule has 0 aliphatic carbocycles. The molecule has 0 spiro atoms. The zero-order valence-corrected chi connectivity index (χ0v) is 11.0. The highest BCUT2D eigenvalue weighted by Gasteiger charge is 2.23. The van der Waals surface area contributed by atoms with Crippen molar-refractivity contribution >= 4 is 11.3 Å². The molecule has 2 rings (SSSR count). The fraction of sp³-hybridized carbons (Fsp3) is 0.750. The highest BCUT2D eigenvalue weighted by atomic mass is 32.1. The van der Waals surface area contributed by atoms with Crippen molar-refractivity contribution < 1.29 is 0 Å². The first-order valence-corrected chi connectivity index (χ1v) is 7.02. The summed E-state index contributed by atoms with van der Waals surface area (Å²) in [7, 11) is 0. The van der Waals surface area contributed by atoms with Crippen LogP contribution >= 0.6 is 11.3 Å². The van der Waals surface area contributed by atoms with Crippen molar-refractivity contribution in [3.05, 3.63) is 16.1 Å². The van der Waals surface area contributed by atoms with E-state index >= 15 is 0 Å².